The summed E-state index contributed by atoms with van der Waals surface area (Å²) in [7, 11) is -3.85. The predicted molar refractivity (Wildman–Crippen MR) is 92.4 cm³/mol. The molecule has 0 radical (unpaired) electrons. The third-order valence-corrected chi connectivity index (χ3v) is 5.45. The summed E-state index contributed by atoms with van der Waals surface area (Å²) >= 11 is 3.32. The Bertz CT molecular complexity index is 911. The monoisotopic (exact) mass is 411 g/mol. The molecule has 0 fully saturated rings. The number of benzene rings is 2. The van der Waals surface area contributed by atoms with Gasteiger partial charge in [-0.15, -0.1) is 0 Å². The highest BCUT2D eigenvalue weighted by atomic mass is 79.9. The molecule has 0 amide bonds. The molecule has 0 saturated carbocycles. The third kappa shape index (κ3) is 3.39. The lowest BCUT2D eigenvalue weighted by Gasteiger charge is -2.20. The van der Waals surface area contributed by atoms with E-state index in [4.69, 9.17) is 9.47 Å². The number of carbonyl (C=O) groups is 1. The van der Waals surface area contributed by atoms with Gasteiger partial charge >= 0.3 is 0 Å². The molecule has 1 aliphatic rings. The van der Waals surface area contributed by atoms with Gasteiger partial charge in [0.1, 0.15) is 13.2 Å². The van der Waals surface area contributed by atoms with E-state index in [1.165, 1.54) is 25.1 Å². The maximum absolute atomic E-state index is 12.6. The van der Waals surface area contributed by atoms with Gasteiger partial charge in [-0.05, 0) is 35.0 Å². The van der Waals surface area contributed by atoms with Gasteiger partial charge in [-0.3, -0.25) is 9.52 Å². The van der Waals surface area contributed by atoms with Crippen molar-refractivity contribution >= 4 is 37.4 Å². The summed E-state index contributed by atoms with van der Waals surface area (Å²) < 4.78 is 39.1. The van der Waals surface area contributed by atoms with E-state index in [2.05, 4.69) is 20.7 Å². The first-order chi connectivity index (χ1) is 11.4. The van der Waals surface area contributed by atoms with Crippen molar-refractivity contribution in [3.8, 4) is 11.5 Å². The molecular formula is C16H14BrNO5S. The van der Waals surface area contributed by atoms with Crippen LogP contribution in [-0.4, -0.2) is 27.4 Å². The zero-order valence-corrected chi connectivity index (χ0v) is 15.1. The molecule has 3 rings (SSSR count). The van der Waals surface area contributed by atoms with E-state index >= 15 is 0 Å². The lowest BCUT2D eigenvalue weighted by atomic mass is 10.2. The molecular weight excluding hydrogens is 398 g/mol. The van der Waals surface area contributed by atoms with Crippen molar-refractivity contribution in [1.29, 1.82) is 0 Å². The van der Waals surface area contributed by atoms with Gasteiger partial charge in [0, 0.05) is 22.2 Å². The Labute approximate surface area is 148 Å². The summed E-state index contributed by atoms with van der Waals surface area (Å²) in [5.74, 6) is 0.821. The molecule has 0 unspecified atom stereocenters. The highest BCUT2D eigenvalue weighted by molar-refractivity contribution is 9.10. The molecule has 0 aliphatic carbocycles. The lowest BCUT2D eigenvalue weighted by molar-refractivity contribution is 0.101. The Morgan fingerprint density at radius 1 is 1.12 bits per heavy atom. The Hall–Kier alpha value is -2.06. The van der Waals surface area contributed by atoms with Crippen molar-refractivity contribution in [2.75, 3.05) is 17.9 Å². The highest BCUT2D eigenvalue weighted by Crippen LogP contribution is 2.38. The average molecular weight is 412 g/mol. The quantitative estimate of drug-likeness (QED) is 0.780. The molecule has 1 N–H and O–H groups in total. The number of carbonyl (C=O) groups excluding carboxylic acids is 1. The molecule has 0 bridgehead atoms. The van der Waals surface area contributed by atoms with E-state index in [0.717, 1.165) is 0 Å². The molecule has 8 heteroatoms. The molecule has 2 aromatic carbocycles. The smallest absolute Gasteiger partial charge is 0.261 e. The van der Waals surface area contributed by atoms with Gasteiger partial charge in [0.2, 0.25) is 0 Å². The molecule has 0 spiro atoms. The van der Waals surface area contributed by atoms with Crippen LogP contribution in [0.15, 0.2) is 45.8 Å². The van der Waals surface area contributed by atoms with E-state index in [1.807, 2.05) is 0 Å². The largest absolute Gasteiger partial charge is 0.486 e. The second-order valence-corrected chi connectivity index (χ2v) is 7.70. The maximum atomic E-state index is 12.6. The van der Waals surface area contributed by atoms with Crippen LogP contribution in [0.4, 0.5) is 5.69 Å². The van der Waals surface area contributed by atoms with Gasteiger partial charge < -0.3 is 9.47 Å². The zero-order chi connectivity index (χ0) is 17.3. The zero-order valence-electron chi connectivity index (χ0n) is 12.7. The number of anilines is 1. The molecule has 6 nitrogen and oxygen atoms in total. The van der Waals surface area contributed by atoms with E-state index in [-0.39, 0.29) is 10.7 Å². The maximum Gasteiger partial charge on any atom is 0.261 e. The van der Waals surface area contributed by atoms with Crippen LogP contribution in [0, 0.1) is 0 Å². The summed E-state index contributed by atoms with van der Waals surface area (Å²) in [5, 5.41) is 0. The van der Waals surface area contributed by atoms with Crippen molar-refractivity contribution in [2.45, 2.75) is 11.8 Å². The predicted octanol–water partition coefficient (Wildman–Crippen LogP) is 3.22. The van der Waals surface area contributed by atoms with Crippen LogP contribution in [0.5, 0.6) is 11.5 Å². The first-order valence-electron chi connectivity index (χ1n) is 7.10. The molecule has 0 saturated heterocycles. The van der Waals surface area contributed by atoms with Crippen LogP contribution >= 0.6 is 15.9 Å². The van der Waals surface area contributed by atoms with Crippen LogP contribution < -0.4 is 14.2 Å². The number of ketones is 1. The minimum Gasteiger partial charge on any atom is -0.486 e. The second-order valence-electron chi connectivity index (χ2n) is 5.17. The molecule has 0 aromatic heterocycles. The van der Waals surface area contributed by atoms with Gasteiger partial charge in [-0.1, -0.05) is 12.1 Å². The fourth-order valence-corrected chi connectivity index (χ4v) is 3.90. The van der Waals surface area contributed by atoms with Crippen molar-refractivity contribution < 1.29 is 22.7 Å². The van der Waals surface area contributed by atoms with E-state index in [9.17, 15) is 13.2 Å². The first-order valence-corrected chi connectivity index (χ1v) is 9.37. The number of nitrogens with one attached hydrogen (secondary N) is 1. The van der Waals surface area contributed by atoms with Gasteiger partial charge in [0.25, 0.3) is 10.0 Å². The number of rotatable bonds is 4. The van der Waals surface area contributed by atoms with Crippen LogP contribution in [0.1, 0.15) is 17.3 Å². The number of halogens is 1. The van der Waals surface area contributed by atoms with Crippen LogP contribution in [-0.2, 0) is 10.0 Å². The standard InChI is InChI=1S/C16H14BrNO5S/c1-10(19)11-3-2-4-12(7-11)24(20,21)18-14-9-16-15(8-13(14)17)22-5-6-23-16/h2-4,7-9,18H,5-6H2,1H3. The Morgan fingerprint density at radius 2 is 1.79 bits per heavy atom. The number of fused-ring (bicyclic) bond motifs is 1. The van der Waals surface area contributed by atoms with Crippen LogP contribution in [0.3, 0.4) is 0 Å². The van der Waals surface area contributed by atoms with Gasteiger partial charge in [-0.2, -0.15) is 0 Å². The van der Waals surface area contributed by atoms with Crippen molar-refractivity contribution in [3.63, 3.8) is 0 Å². The number of hydrogen-bond donors (Lipinski definition) is 1. The number of hydrogen-bond acceptors (Lipinski definition) is 5. The summed E-state index contributed by atoms with van der Waals surface area (Å²) in [4.78, 5) is 11.5. The first kappa shape index (κ1) is 16.8. The Morgan fingerprint density at radius 3 is 2.46 bits per heavy atom. The third-order valence-electron chi connectivity index (χ3n) is 3.43. The topological polar surface area (TPSA) is 81.7 Å². The van der Waals surface area contributed by atoms with Gasteiger partial charge in [-0.25, -0.2) is 8.42 Å². The SMILES string of the molecule is CC(=O)c1cccc(S(=O)(=O)Nc2cc3c(cc2Br)OCCO3)c1. The fraction of sp³-hybridized carbons (Fsp3) is 0.188. The number of sulfonamides is 1. The van der Waals surface area contributed by atoms with E-state index in [0.29, 0.717) is 40.4 Å². The normalized spacial score (nSPS) is 13.4. The highest BCUT2D eigenvalue weighted by Gasteiger charge is 2.20. The second kappa shape index (κ2) is 6.45. The fourth-order valence-electron chi connectivity index (χ4n) is 2.23. The van der Waals surface area contributed by atoms with Gasteiger partial charge in [0.15, 0.2) is 17.3 Å². The number of ether oxygens (including phenoxy) is 2. The molecule has 1 heterocycles. The summed E-state index contributed by atoms with van der Waals surface area (Å²) in [5.41, 5.74) is 0.659. The summed E-state index contributed by atoms with van der Waals surface area (Å²) in [6, 6.07) is 9.09. The molecule has 2 aromatic rings. The Balaban J connectivity index is 1.95. The van der Waals surface area contributed by atoms with Crippen molar-refractivity contribution in [2.24, 2.45) is 0 Å². The number of Topliss-reactive ketones (excluding diaryl/α,β-unsaturated/α-hetero) is 1. The van der Waals surface area contributed by atoms with Gasteiger partial charge in [0.05, 0.1) is 10.6 Å². The average Bonchev–Trinajstić information content (AvgIpc) is 2.55. The van der Waals surface area contributed by atoms with Crippen molar-refractivity contribution in [1.82, 2.24) is 0 Å². The van der Waals surface area contributed by atoms with E-state index in [1.54, 1.807) is 18.2 Å². The van der Waals surface area contributed by atoms with Crippen LogP contribution in [0.25, 0.3) is 0 Å². The molecule has 1 aliphatic heterocycles. The molecule has 0 atom stereocenters. The van der Waals surface area contributed by atoms with Crippen LogP contribution in [0.2, 0.25) is 0 Å². The lowest BCUT2D eigenvalue weighted by Crippen LogP contribution is -2.17. The minimum absolute atomic E-state index is 0.0111. The molecule has 126 valence electrons. The Kier molecular flexibility index (Phi) is 4.51. The molecule has 24 heavy (non-hydrogen) atoms. The summed E-state index contributed by atoms with van der Waals surface area (Å²) in [6.07, 6.45) is 0. The summed E-state index contributed by atoms with van der Waals surface area (Å²) in [6.45, 7) is 2.24. The minimum atomic E-state index is -3.85. The van der Waals surface area contributed by atoms with Crippen molar-refractivity contribution in [3.05, 3.63) is 46.4 Å². The van der Waals surface area contributed by atoms with E-state index < -0.39 is 10.0 Å².